The number of aromatic nitrogens is 4. The Morgan fingerprint density at radius 1 is 1.27 bits per heavy atom. The van der Waals surface area contributed by atoms with Crippen LogP contribution in [0.15, 0.2) is 24.5 Å². The van der Waals surface area contributed by atoms with E-state index in [1.54, 1.807) is 18.2 Å². The molecule has 3 N–H and O–H groups in total. The number of hydrogen-bond acceptors (Lipinski definition) is 5. The minimum atomic E-state index is -1.21. The van der Waals surface area contributed by atoms with Crippen LogP contribution in [-0.4, -0.2) is 30.8 Å². The van der Waals surface area contributed by atoms with E-state index < -0.39 is 5.97 Å². The van der Waals surface area contributed by atoms with Gasteiger partial charge in [0.25, 0.3) is 0 Å². The molecule has 1 aromatic carbocycles. The molecule has 22 heavy (non-hydrogen) atoms. The van der Waals surface area contributed by atoms with Crippen LogP contribution in [0.1, 0.15) is 16.1 Å². The van der Waals surface area contributed by atoms with Crippen molar-refractivity contribution in [2.45, 2.75) is 6.54 Å². The van der Waals surface area contributed by atoms with Crippen LogP contribution in [0.3, 0.4) is 0 Å². The number of benzene rings is 1. The Labute approximate surface area is 134 Å². The van der Waals surface area contributed by atoms with Crippen molar-refractivity contribution in [2.24, 2.45) is 0 Å². The van der Waals surface area contributed by atoms with Gasteiger partial charge in [0.05, 0.1) is 11.9 Å². The largest absolute Gasteiger partial charge is 0.476 e. The number of fused-ring (bicyclic) bond motifs is 1. The van der Waals surface area contributed by atoms with Crippen LogP contribution in [0.25, 0.3) is 11.0 Å². The van der Waals surface area contributed by atoms with Gasteiger partial charge in [-0.25, -0.2) is 19.4 Å². The lowest BCUT2D eigenvalue weighted by Crippen LogP contribution is -2.06. The van der Waals surface area contributed by atoms with E-state index in [9.17, 15) is 9.90 Å². The summed E-state index contributed by atoms with van der Waals surface area (Å²) < 4.78 is 1.39. The first-order valence-electron chi connectivity index (χ1n) is 6.12. The number of anilines is 1. The molecular formula is C13H9Cl2N5O2. The number of halogens is 2. The highest BCUT2D eigenvalue weighted by molar-refractivity contribution is 6.36. The summed E-state index contributed by atoms with van der Waals surface area (Å²) in [5, 5.41) is 14.4. The van der Waals surface area contributed by atoms with Crippen molar-refractivity contribution in [3.8, 4) is 0 Å². The van der Waals surface area contributed by atoms with Gasteiger partial charge in [-0.15, -0.1) is 0 Å². The lowest BCUT2D eigenvalue weighted by Gasteiger charge is -2.07. The maximum atomic E-state index is 11.3. The first-order chi connectivity index (χ1) is 10.5. The van der Waals surface area contributed by atoms with Gasteiger partial charge in [-0.1, -0.05) is 29.3 Å². The third-order valence-electron chi connectivity index (χ3n) is 3.13. The van der Waals surface area contributed by atoms with E-state index in [1.807, 2.05) is 0 Å². The van der Waals surface area contributed by atoms with Gasteiger partial charge in [-0.05, 0) is 12.1 Å². The highest BCUT2D eigenvalue weighted by atomic mass is 35.5. The fourth-order valence-electron chi connectivity index (χ4n) is 2.12. The SMILES string of the molecule is Nc1ncnc2c1c(C(=O)O)nn2Cc1c(Cl)cccc1Cl. The molecule has 2 heterocycles. The van der Waals surface area contributed by atoms with Crippen LogP contribution in [0.5, 0.6) is 0 Å². The van der Waals surface area contributed by atoms with Crippen LogP contribution in [-0.2, 0) is 6.54 Å². The number of nitrogen functional groups attached to an aromatic ring is 1. The van der Waals surface area contributed by atoms with E-state index in [4.69, 9.17) is 28.9 Å². The molecule has 112 valence electrons. The molecule has 0 aliphatic carbocycles. The molecule has 2 aromatic heterocycles. The molecule has 7 nitrogen and oxygen atoms in total. The number of carbonyl (C=O) groups is 1. The minimum Gasteiger partial charge on any atom is -0.476 e. The van der Waals surface area contributed by atoms with Gasteiger partial charge in [-0.3, -0.25) is 0 Å². The van der Waals surface area contributed by atoms with Crippen molar-refractivity contribution in [3.05, 3.63) is 45.8 Å². The predicted molar refractivity (Wildman–Crippen MR) is 82.3 cm³/mol. The third kappa shape index (κ3) is 2.34. The lowest BCUT2D eigenvalue weighted by atomic mass is 10.2. The Bertz CT molecular complexity index is 873. The molecule has 0 atom stereocenters. The molecule has 0 saturated carbocycles. The molecule has 0 aliphatic heterocycles. The highest BCUT2D eigenvalue weighted by Gasteiger charge is 2.21. The van der Waals surface area contributed by atoms with Gasteiger partial charge >= 0.3 is 5.97 Å². The molecular weight excluding hydrogens is 329 g/mol. The van der Waals surface area contributed by atoms with Crippen molar-refractivity contribution in [3.63, 3.8) is 0 Å². The zero-order valence-electron chi connectivity index (χ0n) is 11.0. The topological polar surface area (TPSA) is 107 Å². The van der Waals surface area contributed by atoms with Crippen LogP contribution < -0.4 is 5.73 Å². The van der Waals surface area contributed by atoms with E-state index >= 15 is 0 Å². The van der Waals surface area contributed by atoms with Gasteiger partial charge in [0.15, 0.2) is 11.3 Å². The first-order valence-corrected chi connectivity index (χ1v) is 6.87. The maximum Gasteiger partial charge on any atom is 0.357 e. The van der Waals surface area contributed by atoms with E-state index in [0.29, 0.717) is 21.3 Å². The second-order valence-corrected chi connectivity index (χ2v) is 5.28. The summed E-state index contributed by atoms with van der Waals surface area (Å²) in [4.78, 5) is 19.2. The van der Waals surface area contributed by atoms with Crippen LogP contribution in [0, 0.1) is 0 Å². The molecule has 0 radical (unpaired) electrons. The van der Waals surface area contributed by atoms with Gasteiger partial charge < -0.3 is 10.8 Å². The summed E-state index contributed by atoms with van der Waals surface area (Å²) in [6.07, 6.45) is 1.25. The average Bonchev–Trinajstić information content (AvgIpc) is 2.83. The predicted octanol–water partition coefficient (Wildman–Crippen LogP) is 2.46. The standard InChI is InChI=1S/C13H9Cl2N5O2/c14-7-2-1-3-8(15)6(7)4-20-12-9(10(19-20)13(21)22)11(16)17-5-18-12/h1-3,5H,4H2,(H,21,22)(H2,16,17,18). The van der Waals surface area contributed by atoms with Crippen molar-refractivity contribution < 1.29 is 9.90 Å². The zero-order chi connectivity index (χ0) is 15.9. The second-order valence-electron chi connectivity index (χ2n) is 4.47. The fraction of sp³-hybridized carbons (Fsp3) is 0.0769. The van der Waals surface area contributed by atoms with Crippen molar-refractivity contribution >= 4 is 46.0 Å². The Hall–Kier alpha value is -2.38. The fourth-order valence-corrected chi connectivity index (χ4v) is 2.64. The van der Waals surface area contributed by atoms with Crippen molar-refractivity contribution in [1.82, 2.24) is 19.7 Å². The molecule has 0 spiro atoms. The molecule has 0 unspecified atom stereocenters. The Morgan fingerprint density at radius 2 is 1.95 bits per heavy atom. The number of nitrogens with zero attached hydrogens (tertiary/aromatic N) is 4. The number of nitrogens with two attached hydrogens (primary N) is 1. The summed E-state index contributed by atoms with van der Waals surface area (Å²) in [7, 11) is 0. The molecule has 0 bridgehead atoms. The number of aromatic carboxylic acids is 1. The summed E-state index contributed by atoms with van der Waals surface area (Å²) in [5.41, 5.74) is 6.45. The van der Waals surface area contributed by atoms with E-state index in [1.165, 1.54) is 11.0 Å². The van der Waals surface area contributed by atoms with Crippen molar-refractivity contribution in [2.75, 3.05) is 5.73 Å². The monoisotopic (exact) mass is 337 g/mol. The Kier molecular flexibility index (Phi) is 3.59. The quantitative estimate of drug-likeness (QED) is 0.760. The van der Waals surface area contributed by atoms with Gasteiger partial charge in [0.1, 0.15) is 12.1 Å². The molecule has 3 rings (SSSR count). The average molecular weight is 338 g/mol. The number of hydrogen-bond donors (Lipinski definition) is 2. The van der Waals surface area contributed by atoms with Crippen LogP contribution in [0.4, 0.5) is 5.82 Å². The highest BCUT2D eigenvalue weighted by Crippen LogP contribution is 2.27. The summed E-state index contributed by atoms with van der Waals surface area (Å²) >= 11 is 12.3. The molecule has 0 aliphatic rings. The second kappa shape index (κ2) is 5.43. The van der Waals surface area contributed by atoms with Gasteiger partial charge in [0, 0.05) is 15.6 Å². The number of rotatable bonds is 3. The molecule has 0 saturated heterocycles. The Balaban J connectivity index is 2.20. The van der Waals surface area contributed by atoms with Crippen molar-refractivity contribution in [1.29, 1.82) is 0 Å². The lowest BCUT2D eigenvalue weighted by molar-refractivity contribution is 0.0691. The van der Waals surface area contributed by atoms with E-state index in [-0.39, 0.29) is 23.4 Å². The van der Waals surface area contributed by atoms with E-state index in [2.05, 4.69) is 15.1 Å². The normalized spacial score (nSPS) is 11.0. The van der Waals surface area contributed by atoms with E-state index in [0.717, 1.165) is 0 Å². The van der Waals surface area contributed by atoms with Gasteiger partial charge in [-0.2, -0.15) is 5.10 Å². The number of carboxylic acids is 1. The Morgan fingerprint density at radius 3 is 2.59 bits per heavy atom. The first kappa shape index (κ1) is 14.6. The van der Waals surface area contributed by atoms with Gasteiger partial charge in [0.2, 0.25) is 0 Å². The molecule has 9 heteroatoms. The molecule has 0 amide bonds. The molecule has 0 fully saturated rings. The zero-order valence-corrected chi connectivity index (χ0v) is 12.5. The summed E-state index contributed by atoms with van der Waals surface area (Å²) in [5.74, 6) is -1.16. The van der Waals surface area contributed by atoms with Crippen LogP contribution in [0.2, 0.25) is 10.0 Å². The number of carboxylic acid groups (broad SMARTS) is 1. The third-order valence-corrected chi connectivity index (χ3v) is 3.84. The smallest absolute Gasteiger partial charge is 0.357 e. The summed E-state index contributed by atoms with van der Waals surface area (Å²) in [6.45, 7) is 0.165. The molecule has 3 aromatic rings. The maximum absolute atomic E-state index is 11.3. The van der Waals surface area contributed by atoms with Crippen LogP contribution >= 0.6 is 23.2 Å². The minimum absolute atomic E-state index is 0.0545. The summed E-state index contributed by atoms with van der Waals surface area (Å²) in [6, 6.07) is 5.10.